The number of carbonyl (C=O) groups is 1. The lowest BCUT2D eigenvalue weighted by atomic mass is 10.2. The Kier molecular flexibility index (Phi) is 3.23. The van der Waals surface area contributed by atoms with Gasteiger partial charge in [0.1, 0.15) is 10.6 Å². The van der Waals surface area contributed by atoms with E-state index in [-0.39, 0.29) is 11.5 Å². The Morgan fingerprint density at radius 2 is 2.04 bits per heavy atom. The number of aromatic nitrogens is 2. The normalized spacial score (nSPS) is 13.3. The van der Waals surface area contributed by atoms with Crippen molar-refractivity contribution in [3.8, 4) is 0 Å². The summed E-state index contributed by atoms with van der Waals surface area (Å²) in [5.41, 5.74) is 1.15. The second kappa shape index (κ2) is 5.27. The number of rotatable bonds is 2. The number of carbonyl (C=O) groups excluding carboxylic acids is 1. The van der Waals surface area contributed by atoms with Gasteiger partial charge in [-0.1, -0.05) is 0 Å². The molecule has 0 saturated heterocycles. The van der Waals surface area contributed by atoms with Gasteiger partial charge in [-0.25, -0.2) is 9.37 Å². The lowest BCUT2D eigenvalue weighted by Gasteiger charge is -2.04. The zero-order chi connectivity index (χ0) is 16.0. The highest BCUT2D eigenvalue weighted by molar-refractivity contribution is 7.18. The minimum absolute atomic E-state index is 0.108. The van der Waals surface area contributed by atoms with E-state index in [0.717, 1.165) is 24.8 Å². The lowest BCUT2D eigenvalue weighted by Crippen LogP contribution is -2.18. The van der Waals surface area contributed by atoms with Gasteiger partial charge in [-0.05, 0) is 49.1 Å². The number of hydrogen-bond acceptors (Lipinski definition) is 4. The zero-order valence-electron chi connectivity index (χ0n) is 12.0. The number of nitrogens with one attached hydrogen (secondary N) is 2. The Morgan fingerprint density at radius 1 is 1.26 bits per heavy atom. The number of hydrogen-bond donors (Lipinski definition) is 2. The average Bonchev–Trinajstić information content (AvgIpc) is 3.07. The second-order valence-electron chi connectivity index (χ2n) is 5.41. The fourth-order valence-electron chi connectivity index (χ4n) is 2.84. The zero-order valence-corrected chi connectivity index (χ0v) is 12.8. The number of anilines is 1. The summed E-state index contributed by atoms with van der Waals surface area (Å²) < 4.78 is 12.9. The van der Waals surface area contributed by atoms with Crippen molar-refractivity contribution in [2.24, 2.45) is 0 Å². The summed E-state index contributed by atoms with van der Waals surface area (Å²) in [6.45, 7) is 0. The van der Waals surface area contributed by atoms with Gasteiger partial charge in [-0.2, -0.15) is 0 Å². The SMILES string of the molecule is O=C(Nc1nc2sc3c(c2c(=O)[nH]1)CCC3)c1ccc(F)cc1. The van der Waals surface area contributed by atoms with Crippen molar-refractivity contribution in [2.75, 3.05) is 5.32 Å². The number of nitrogens with zero attached hydrogens (tertiary/aromatic N) is 1. The van der Waals surface area contributed by atoms with Crippen molar-refractivity contribution in [2.45, 2.75) is 19.3 Å². The van der Waals surface area contributed by atoms with E-state index in [2.05, 4.69) is 15.3 Å². The molecular formula is C16H12FN3O2S. The van der Waals surface area contributed by atoms with Crippen LogP contribution < -0.4 is 10.9 Å². The van der Waals surface area contributed by atoms with Gasteiger partial charge in [0.25, 0.3) is 11.5 Å². The van der Waals surface area contributed by atoms with E-state index in [1.807, 2.05) is 0 Å². The summed E-state index contributed by atoms with van der Waals surface area (Å²) in [7, 11) is 0. The summed E-state index contributed by atoms with van der Waals surface area (Å²) in [5, 5.41) is 3.20. The monoisotopic (exact) mass is 329 g/mol. The van der Waals surface area contributed by atoms with E-state index in [1.54, 1.807) is 0 Å². The van der Waals surface area contributed by atoms with E-state index in [4.69, 9.17) is 0 Å². The molecule has 0 fully saturated rings. The maximum atomic E-state index is 12.9. The molecule has 1 aliphatic rings. The van der Waals surface area contributed by atoms with Crippen molar-refractivity contribution in [1.29, 1.82) is 0 Å². The van der Waals surface area contributed by atoms with Crippen LogP contribution in [0.3, 0.4) is 0 Å². The van der Waals surface area contributed by atoms with Crippen molar-refractivity contribution < 1.29 is 9.18 Å². The Bertz CT molecular complexity index is 975. The molecule has 2 N–H and O–H groups in total. The van der Waals surface area contributed by atoms with Gasteiger partial charge < -0.3 is 0 Å². The first-order valence-corrected chi connectivity index (χ1v) is 8.05. The molecule has 1 aromatic carbocycles. The fraction of sp³-hybridized carbons (Fsp3) is 0.188. The molecule has 2 aromatic heterocycles. The van der Waals surface area contributed by atoms with Crippen molar-refractivity contribution in [1.82, 2.24) is 9.97 Å². The van der Waals surface area contributed by atoms with Crippen LogP contribution in [0.2, 0.25) is 0 Å². The number of amides is 1. The van der Waals surface area contributed by atoms with Crippen LogP contribution in [0.4, 0.5) is 10.3 Å². The largest absolute Gasteiger partial charge is 0.292 e. The van der Waals surface area contributed by atoms with Crippen LogP contribution in [-0.2, 0) is 12.8 Å². The van der Waals surface area contributed by atoms with E-state index in [9.17, 15) is 14.0 Å². The maximum Gasteiger partial charge on any atom is 0.261 e. The van der Waals surface area contributed by atoms with Crippen molar-refractivity contribution in [3.63, 3.8) is 0 Å². The van der Waals surface area contributed by atoms with Gasteiger partial charge in [-0.15, -0.1) is 11.3 Å². The van der Waals surface area contributed by atoms with Crippen molar-refractivity contribution >= 4 is 33.4 Å². The topological polar surface area (TPSA) is 74.8 Å². The number of benzene rings is 1. The van der Waals surface area contributed by atoms with Gasteiger partial charge in [0, 0.05) is 10.4 Å². The molecular weight excluding hydrogens is 317 g/mol. The molecule has 0 unspecified atom stereocenters. The number of fused-ring (bicyclic) bond motifs is 3. The third kappa shape index (κ3) is 2.43. The minimum Gasteiger partial charge on any atom is -0.292 e. The lowest BCUT2D eigenvalue weighted by molar-refractivity contribution is 0.102. The quantitative estimate of drug-likeness (QED) is 0.759. The van der Waals surface area contributed by atoms with Crippen LogP contribution >= 0.6 is 11.3 Å². The molecule has 1 aliphatic carbocycles. The van der Waals surface area contributed by atoms with Crippen molar-refractivity contribution in [3.05, 3.63) is 56.4 Å². The van der Waals surface area contributed by atoms with Crippen LogP contribution in [0.25, 0.3) is 10.2 Å². The molecule has 0 bridgehead atoms. The first-order chi connectivity index (χ1) is 11.1. The highest BCUT2D eigenvalue weighted by atomic mass is 32.1. The van der Waals surface area contributed by atoms with E-state index in [0.29, 0.717) is 15.8 Å². The Hall–Kier alpha value is -2.54. The van der Waals surface area contributed by atoms with E-state index in [1.165, 1.54) is 40.5 Å². The van der Waals surface area contributed by atoms with E-state index >= 15 is 0 Å². The van der Waals surface area contributed by atoms with Gasteiger partial charge in [-0.3, -0.25) is 19.9 Å². The molecule has 5 nitrogen and oxygen atoms in total. The molecule has 1 amide bonds. The number of aromatic amines is 1. The molecule has 2 heterocycles. The standard InChI is InChI=1S/C16H12FN3O2S/c17-9-6-4-8(5-7-9)13(21)18-16-19-14(22)12-10-2-1-3-11(10)23-15(12)20-16/h4-7H,1-3H2,(H2,18,19,20,21,22). The number of H-pyrrole nitrogens is 1. The molecule has 0 atom stereocenters. The molecule has 0 saturated carbocycles. The Labute approximate surface area is 134 Å². The second-order valence-corrected chi connectivity index (χ2v) is 6.50. The predicted molar refractivity (Wildman–Crippen MR) is 86.6 cm³/mol. The molecule has 7 heteroatoms. The molecule has 0 spiro atoms. The van der Waals surface area contributed by atoms with Crippen LogP contribution in [0.15, 0.2) is 29.1 Å². The minimum atomic E-state index is -0.448. The predicted octanol–water partition coefficient (Wildman–Crippen LogP) is 2.86. The molecule has 116 valence electrons. The van der Waals surface area contributed by atoms with Crippen LogP contribution in [0.1, 0.15) is 27.2 Å². The molecule has 3 aromatic rings. The Balaban J connectivity index is 1.68. The number of aryl methyl sites for hydroxylation is 2. The Morgan fingerprint density at radius 3 is 2.83 bits per heavy atom. The maximum absolute atomic E-state index is 12.9. The van der Waals surface area contributed by atoms with Crippen LogP contribution in [0, 0.1) is 5.82 Å². The van der Waals surface area contributed by atoms with E-state index < -0.39 is 11.7 Å². The van der Waals surface area contributed by atoms with Gasteiger partial charge >= 0.3 is 0 Å². The summed E-state index contributed by atoms with van der Waals surface area (Å²) in [5.74, 6) is -0.754. The molecule has 23 heavy (non-hydrogen) atoms. The van der Waals surface area contributed by atoms with Gasteiger partial charge in [0.2, 0.25) is 5.95 Å². The number of thiophene rings is 1. The smallest absolute Gasteiger partial charge is 0.261 e. The summed E-state index contributed by atoms with van der Waals surface area (Å²) in [4.78, 5) is 33.2. The average molecular weight is 329 g/mol. The summed E-state index contributed by atoms with van der Waals surface area (Å²) in [6, 6.07) is 5.16. The highest BCUT2D eigenvalue weighted by Gasteiger charge is 2.21. The van der Waals surface area contributed by atoms with Gasteiger partial charge in [0.15, 0.2) is 0 Å². The van der Waals surface area contributed by atoms with Crippen LogP contribution in [0.5, 0.6) is 0 Å². The third-order valence-electron chi connectivity index (χ3n) is 3.91. The highest BCUT2D eigenvalue weighted by Crippen LogP contribution is 2.34. The molecule has 0 aliphatic heterocycles. The fourth-order valence-corrected chi connectivity index (χ4v) is 4.10. The van der Waals surface area contributed by atoms with Gasteiger partial charge in [0.05, 0.1) is 5.39 Å². The number of halogens is 1. The summed E-state index contributed by atoms with van der Waals surface area (Å²) in [6.07, 6.45) is 2.95. The molecule has 0 radical (unpaired) electrons. The third-order valence-corrected chi connectivity index (χ3v) is 5.10. The first-order valence-electron chi connectivity index (χ1n) is 7.23. The molecule has 4 rings (SSSR count). The first kappa shape index (κ1) is 14.1. The summed E-state index contributed by atoms with van der Waals surface area (Å²) >= 11 is 1.51. The van der Waals surface area contributed by atoms with Crippen LogP contribution in [-0.4, -0.2) is 15.9 Å².